The molecule has 1 saturated heterocycles. The van der Waals surface area contributed by atoms with Crippen LogP contribution in [0.3, 0.4) is 0 Å². The Bertz CT molecular complexity index is 697. The maximum absolute atomic E-state index is 12.9. The number of aliphatic imine (C=N–C) groups is 1. The first kappa shape index (κ1) is 19.5. The molecule has 0 amide bonds. The number of benzene rings is 1. The summed E-state index contributed by atoms with van der Waals surface area (Å²) >= 11 is 1.80. The van der Waals surface area contributed by atoms with E-state index in [1.54, 1.807) is 30.5 Å². The number of nitrogens with zero attached hydrogens (tertiary/aromatic N) is 2. The van der Waals surface area contributed by atoms with Gasteiger partial charge in [-0.3, -0.25) is 4.99 Å². The third kappa shape index (κ3) is 6.13. The van der Waals surface area contributed by atoms with Gasteiger partial charge in [-0.2, -0.15) is 0 Å². The maximum atomic E-state index is 12.9. The van der Waals surface area contributed by atoms with Gasteiger partial charge in [0.2, 0.25) is 0 Å². The van der Waals surface area contributed by atoms with E-state index in [0.29, 0.717) is 18.4 Å². The summed E-state index contributed by atoms with van der Waals surface area (Å²) in [6, 6.07) is 10.8. The lowest BCUT2D eigenvalue weighted by molar-refractivity contribution is 0.310. The number of hydrogen-bond donors (Lipinski definition) is 2. The summed E-state index contributed by atoms with van der Waals surface area (Å²) in [5, 5.41) is 10.3. The van der Waals surface area contributed by atoms with E-state index in [4.69, 9.17) is 4.74 Å². The quantitative estimate of drug-likeness (QED) is 0.432. The molecule has 3 rings (SSSR count). The van der Waals surface area contributed by atoms with Crippen LogP contribution in [0.25, 0.3) is 0 Å². The number of nitrogens with one attached hydrogen (secondary N) is 2. The molecular weight excluding hydrogens is 363 g/mol. The number of guanidine groups is 1. The van der Waals surface area contributed by atoms with E-state index < -0.39 is 0 Å². The van der Waals surface area contributed by atoms with E-state index in [1.807, 2.05) is 0 Å². The summed E-state index contributed by atoms with van der Waals surface area (Å²) in [5.74, 6) is 1.28. The summed E-state index contributed by atoms with van der Waals surface area (Å²) in [6.45, 7) is 3.49. The molecule has 1 aliphatic heterocycles. The highest BCUT2D eigenvalue weighted by atomic mass is 32.1. The van der Waals surface area contributed by atoms with Gasteiger partial charge in [0, 0.05) is 32.7 Å². The number of piperidine rings is 1. The Hall–Kier alpha value is -2.28. The number of hydrogen-bond acceptors (Lipinski definition) is 4. The third-order valence-electron chi connectivity index (χ3n) is 4.57. The number of ether oxygens (including phenoxy) is 1. The standard InChI is InChI=1S/C20H27FN4OS/c1-22-20(23-11-3-14-26-18-7-5-16(21)6-8-18)24-17-9-12-25(13-10-17)19-4-2-15-27-19/h2,4-8,15,17H,3,9-14H2,1H3,(H2,22,23,24). The van der Waals surface area contributed by atoms with Crippen molar-refractivity contribution in [1.82, 2.24) is 10.6 Å². The van der Waals surface area contributed by atoms with Crippen molar-refractivity contribution in [2.75, 3.05) is 38.2 Å². The topological polar surface area (TPSA) is 48.9 Å². The lowest BCUT2D eigenvalue weighted by Gasteiger charge is -2.33. The lowest BCUT2D eigenvalue weighted by atomic mass is 10.1. The summed E-state index contributed by atoms with van der Waals surface area (Å²) in [5.41, 5.74) is 0. The normalized spacial score (nSPS) is 15.6. The Morgan fingerprint density at radius 2 is 2.04 bits per heavy atom. The van der Waals surface area contributed by atoms with Crippen LogP contribution in [0.4, 0.5) is 9.39 Å². The Kier molecular flexibility index (Phi) is 7.33. The Morgan fingerprint density at radius 3 is 2.70 bits per heavy atom. The molecule has 1 aromatic carbocycles. The third-order valence-corrected chi connectivity index (χ3v) is 5.50. The second kappa shape index (κ2) is 10.2. The first-order valence-electron chi connectivity index (χ1n) is 9.38. The van der Waals surface area contributed by atoms with E-state index in [0.717, 1.165) is 44.9 Å². The van der Waals surface area contributed by atoms with Crippen LogP contribution in [0.2, 0.25) is 0 Å². The number of anilines is 1. The van der Waals surface area contributed by atoms with Crippen LogP contribution in [-0.2, 0) is 0 Å². The average Bonchev–Trinajstić information content (AvgIpc) is 3.23. The SMILES string of the molecule is CN=C(NCCCOc1ccc(F)cc1)NC1CCN(c2cccs2)CC1. The monoisotopic (exact) mass is 390 g/mol. The molecule has 2 N–H and O–H groups in total. The molecule has 5 nitrogen and oxygen atoms in total. The van der Waals surface area contributed by atoms with Gasteiger partial charge in [0.25, 0.3) is 0 Å². The fourth-order valence-corrected chi connectivity index (χ4v) is 3.87. The molecule has 0 spiro atoms. The van der Waals surface area contributed by atoms with Crippen molar-refractivity contribution in [1.29, 1.82) is 0 Å². The van der Waals surface area contributed by atoms with E-state index >= 15 is 0 Å². The zero-order chi connectivity index (χ0) is 18.9. The summed E-state index contributed by atoms with van der Waals surface area (Å²) in [7, 11) is 1.80. The van der Waals surface area contributed by atoms with Crippen LogP contribution >= 0.6 is 11.3 Å². The van der Waals surface area contributed by atoms with Crippen LogP contribution in [0.15, 0.2) is 46.8 Å². The highest BCUT2D eigenvalue weighted by Gasteiger charge is 2.20. The van der Waals surface area contributed by atoms with E-state index in [-0.39, 0.29) is 5.82 Å². The largest absolute Gasteiger partial charge is 0.494 e. The molecule has 2 aromatic rings. The minimum Gasteiger partial charge on any atom is -0.494 e. The van der Waals surface area contributed by atoms with Gasteiger partial charge in [-0.15, -0.1) is 11.3 Å². The number of thiophene rings is 1. The van der Waals surface area contributed by atoms with Crippen LogP contribution < -0.4 is 20.3 Å². The average molecular weight is 391 g/mol. The van der Waals surface area contributed by atoms with Gasteiger partial charge in [0.1, 0.15) is 11.6 Å². The predicted molar refractivity (Wildman–Crippen MR) is 111 cm³/mol. The molecular formula is C20H27FN4OS. The van der Waals surface area contributed by atoms with Gasteiger partial charge >= 0.3 is 0 Å². The van der Waals surface area contributed by atoms with Gasteiger partial charge in [0.05, 0.1) is 11.6 Å². The molecule has 27 heavy (non-hydrogen) atoms. The van der Waals surface area contributed by atoms with Gasteiger partial charge < -0.3 is 20.3 Å². The highest BCUT2D eigenvalue weighted by Crippen LogP contribution is 2.24. The molecule has 1 fully saturated rings. The first-order valence-corrected chi connectivity index (χ1v) is 10.3. The minimum absolute atomic E-state index is 0.250. The molecule has 0 bridgehead atoms. The number of halogens is 1. The molecule has 0 unspecified atom stereocenters. The van der Waals surface area contributed by atoms with Crippen molar-refractivity contribution in [2.45, 2.75) is 25.3 Å². The molecule has 2 heterocycles. The van der Waals surface area contributed by atoms with Gasteiger partial charge in [-0.1, -0.05) is 0 Å². The molecule has 0 radical (unpaired) electrons. The summed E-state index contributed by atoms with van der Waals surface area (Å²) < 4.78 is 18.5. The van der Waals surface area contributed by atoms with Crippen LogP contribution in [0.5, 0.6) is 5.75 Å². The van der Waals surface area contributed by atoms with Crippen molar-refractivity contribution in [3.63, 3.8) is 0 Å². The lowest BCUT2D eigenvalue weighted by Crippen LogP contribution is -2.48. The van der Waals surface area contributed by atoms with Crippen molar-refractivity contribution < 1.29 is 9.13 Å². The minimum atomic E-state index is -0.250. The zero-order valence-electron chi connectivity index (χ0n) is 15.7. The fraction of sp³-hybridized carbons (Fsp3) is 0.450. The Labute approximate surface area is 164 Å². The smallest absolute Gasteiger partial charge is 0.191 e. The van der Waals surface area contributed by atoms with Crippen LogP contribution in [0.1, 0.15) is 19.3 Å². The van der Waals surface area contributed by atoms with Crippen molar-refractivity contribution in [2.24, 2.45) is 4.99 Å². The fourth-order valence-electron chi connectivity index (χ4n) is 3.08. The molecule has 7 heteroatoms. The van der Waals surface area contributed by atoms with Gasteiger partial charge in [-0.25, -0.2) is 4.39 Å². The zero-order valence-corrected chi connectivity index (χ0v) is 16.5. The van der Waals surface area contributed by atoms with Crippen molar-refractivity contribution in [3.05, 3.63) is 47.6 Å². The maximum Gasteiger partial charge on any atom is 0.191 e. The van der Waals surface area contributed by atoms with Crippen molar-refractivity contribution >= 4 is 22.3 Å². The molecule has 146 valence electrons. The van der Waals surface area contributed by atoms with E-state index in [2.05, 4.69) is 38.0 Å². The Morgan fingerprint density at radius 1 is 1.26 bits per heavy atom. The van der Waals surface area contributed by atoms with Crippen molar-refractivity contribution in [3.8, 4) is 5.75 Å². The molecule has 0 saturated carbocycles. The molecule has 1 aliphatic rings. The number of rotatable bonds is 7. The van der Waals surface area contributed by atoms with Gasteiger partial charge in [-0.05, 0) is 61.0 Å². The first-order chi connectivity index (χ1) is 13.2. The second-order valence-corrected chi connectivity index (χ2v) is 7.44. The van der Waals surface area contributed by atoms with Crippen LogP contribution in [-0.4, -0.2) is 45.3 Å². The molecule has 0 aliphatic carbocycles. The summed E-state index contributed by atoms with van der Waals surface area (Å²) in [4.78, 5) is 6.77. The van der Waals surface area contributed by atoms with Gasteiger partial charge in [0.15, 0.2) is 5.96 Å². The Balaban J connectivity index is 1.31. The van der Waals surface area contributed by atoms with Crippen LogP contribution in [0, 0.1) is 5.82 Å². The van der Waals surface area contributed by atoms with E-state index in [1.165, 1.54) is 17.1 Å². The van der Waals surface area contributed by atoms with E-state index in [9.17, 15) is 4.39 Å². The predicted octanol–water partition coefficient (Wildman–Crippen LogP) is 3.49. The molecule has 1 aromatic heterocycles. The second-order valence-electron chi connectivity index (χ2n) is 6.51. The molecule has 0 atom stereocenters. The highest BCUT2D eigenvalue weighted by molar-refractivity contribution is 7.14. The summed E-state index contributed by atoms with van der Waals surface area (Å²) in [6.07, 6.45) is 3.05.